The zero-order valence-corrected chi connectivity index (χ0v) is 23.8. The molecule has 2 aromatic rings. The standard InChI is InChI=1S/C28H31Cl2N3O5S/c1-39-22-10-8-19(25(29)26(22)30)9-12-24(35)33-15-13-20(14-16-33)27(36)32-21(28(37)38)17-31-23(34)11-7-18-5-3-2-4-6-18/h2-6,8-10,12,20-21H,7,11,13-17H2,1H3,(H,31,34)(H,32,36)(H,37,38)/t21-/m0/s1. The fraction of sp³-hybridized carbons (Fsp3) is 0.357. The van der Waals surface area contributed by atoms with Gasteiger partial charge in [-0.15, -0.1) is 11.8 Å². The Bertz CT molecular complexity index is 1220. The van der Waals surface area contributed by atoms with E-state index in [-0.39, 0.29) is 24.8 Å². The highest BCUT2D eigenvalue weighted by molar-refractivity contribution is 7.98. The van der Waals surface area contributed by atoms with Crippen molar-refractivity contribution in [2.24, 2.45) is 5.92 Å². The third-order valence-corrected chi connectivity index (χ3v) is 8.27. The molecule has 2 aromatic carbocycles. The van der Waals surface area contributed by atoms with E-state index in [9.17, 15) is 24.3 Å². The van der Waals surface area contributed by atoms with Gasteiger partial charge in [0.05, 0.1) is 10.0 Å². The number of hydrogen-bond donors (Lipinski definition) is 3. The Hall–Kier alpha value is -3.01. The molecule has 8 nitrogen and oxygen atoms in total. The summed E-state index contributed by atoms with van der Waals surface area (Å²) in [6.07, 6.45) is 6.49. The molecule has 39 heavy (non-hydrogen) atoms. The van der Waals surface area contributed by atoms with E-state index in [4.69, 9.17) is 23.2 Å². The Morgan fingerprint density at radius 1 is 1.08 bits per heavy atom. The summed E-state index contributed by atoms with van der Waals surface area (Å²) in [4.78, 5) is 51.7. The molecule has 0 radical (unpaired) electrons. The smallest absolute Gasteiger partial charge is 0.328 e. The maximum absolute atomic E-state index is 12.7. The second kappa shape index (κ2) is 15.0. The van der Waals surface area contributed by atoms with Gasteiger partial charge in [0.2, 0.25) is 17.7 Å². The number of nitrogens with zero attached hydrogens (tertiary/aromatic N) is 1. The van der Waals surface area contributed by atoms with Gasteiger partial charge in [-0.05, 0) is 48.8 Å². The highest BCUT2D eigenvalue weighted by atomic mass is 35.5. The highest BCUT2D eigenvalue weighted by Gasteiger charge is 2.29. The number of rotatable bonds is 11. The number of nitrogens with one attached hydrogen (secondary N) is 2. The lowest BCUT2D eigenvalue weighted by Crippen LogP contribution is -2.51. The van der Waals surface area contributed by atoms with E-state index in [1.54, 1.807) is 17.0 Å². The number of carboxylic acid groups (broad SMARTS) is 1. The van der Waals surface area contributed by atoms with E-state index in [0.717, 1.165) is 10.5 Å². The normalized spacial score (nSPS) is 14.7. The first-order valence-corrected chi connectivity index (χ1v) is 14.5. The van der Waals surface area contributed by atoms with Crippen molar-refractivity contribution in [3.8, 4) is 0 Å². The first-order valence-electron chi connectivity index (χ1n) is 12.5. The molecule has 3 amide bonds. The maximum atomic E-state index is 12.7. The van der Waals surface area contributed by atoms with Crippen LogP contribution in [0.4, 0.5) is 0 Å². The summed E-state index contributed by atoms with van der Waals surface area (Å²) in [5.74, 6) is -2.56. The van der Waals surface area contributed by atoms with Crippen LogP contribution in [0.25, 0.3) is 6.08 Å². The van der Waals surface area contributed by atoms with Gasteiger partial charge < -0.3 is 20.6 Å². The van der Waals surface area contributed by atoms with Crippen molar-refractivity contribution in [1.82, 2.24) is 15.5 Å². The number of carbonyl (C=O) groups is 4. The number of likely N-dealkylation sites (tertiary alicyclic amines) is 1. The van der Waals surface area contributed by atoms with Gasteiger partial charge in [-0.3, -0.25) is 14.4 Å². The molecule has 1 aliphatic rings. The summed E-state index contributed by atoms with van der Waals surface area (Å²) in [5.41, 5.74) is 1.64. The number of carbonyl (C=O) groups excluding carboxylic acids is 3. The minimum Gasteiger partial charge on any atom is -0.480 e. The van der Waals surface area contributed by atoms with Crippen molar-refractivity contribution in [3.63, 3.8) is 0 Å². The Morgan fingerprint density at radius 3 is 2.41 bits per heavy atom. The number of aliphatic carboxylic acids is 1. The summed E-state index contributed by atoms with van der Waals surface area (Å²) in [6, 6.07) is 11.9. The fourth-order valence-electron chi connectivity index (χ4n) is 4.16. The molecule has 0 bridgehead atoms. The van der Waals surface area contributed by atoms with Crippen LogP contribution >= 0.6 is 35.0 Å². The van der Waals surface area contributed by atoms with Gasteiger partial charge >= 0.3 is 5.97 Å². The summed E-state index contributed by atoms with van der Waals surface area (Å²) in [5, 5.41) is 15.5. The number of carboxylic acids is 1. The molecule has 3 N–H and O–H groups in total. The van der Waals surface area contributed by atoms with Crippen molar-refractivity contribution >= 4 is 64.7 Å². The molecular formula is C28H31Cl2N3O5S. The van der Waals surface area contributed by atoms with Crippen molar-refractivity contribution in [3.05, 3.63) is 69.7 Å². The predicted molar refractivity (Wildman–Crippen MR) is 154 cm³/mol. The van der Waals surface area contributed by atoms with Crippen molar-refractivity contribution in [2.45, 2.75) is 36.6 Å². The average Bonchev–Trinajstić information content (AvgIpc) is 2.95. The first-order chi connectivity index (χ1) is 18.7. The number of benzene rings is 2. The SMILES string of the molecule is CSc1ccc(C=CC(=O)N2CCC(C(=O)N[C@@H](CNC(=O)CCc3ccccc3)C(=O)O)CC2)c(Cl)c1Cl. The Balaban J connectivity index is 1.45. The lowest BCUT2D eigenvalue weighted by atomic mass is 9.95. The average molecular weight is 593 g/mol. The molecule has 0 saturated carbocycles. The van der Waals surface area contributed by atoms with Gasteiger partial charge in [0.15, 0.2) is 0 Å². The van der Waals surface area contributed by atoms with Crippen LogP contribution in [0.1, 0.15) is 30.4 Å². The largest absolute Gasteiger partial charge is 0.480 e. The molecule has 1 aliphatic heterocycles. The Kier molecular flexibility index (Phi) is 11.7. The number of thioether (sulfide) groups is 1. The summed E-state index contributed by atoms with van der Waals surface area (Å²) in [6.45, 7) is 0.506. The summed E-state index contributed by atoms with van der Waals surface area (Å²) in [7, 11) is 0. The molecule has 208 valence electrons. The Morgan fingerprint density at radius 2 is 1.77 bits per heavy atom. The number of piperidine rings is 1. The summed E-state index contributed by atoms with van der Waals surface area (Å²) >= 11 is 14.1. The van der Waals surface area contributed by atoms with Crippen LogP contribution in [0.3, 0.4) is 0 Å². The van der Waals surface area contributed by atoms with Crippen molar-refractivity contribution in [2.75, 3.05) is 25.9 Å². The third kappa shape index (κ3) is 9.02. The van der Waals surface area contributed by atoms with Gasteiger partial charge in [-0.25, -0.2) is 4.79 Å². The predicted octanol–water partition coefficient (Wildman–Crippen LogP) is 4.29. The molecule has 3 rings (SSSR count). The highest BCUT2D eigenvalue weighted by Crippen LogP contribution is 2.35. The van der Waals surface area contributed by atoms with E-state index in [1.807, 2.05) is 42.7 Å². The third-order valence-electron chi connectivity index (χ3n) is 6.48. The van der Waals surface area contributed by atoms with Gasteiger partial charge in [-0.2, -0.15) is 0 Å². The molecule has 0 aromatic heterocycles. The number of aryl methyl sites for hydroxylation is 1. The van der Waals surface area contributed by atoms with Gasteiger partial charge in [0, 0.05) is 42.9 Å². The van der Waals surface area contributed by atoms with E-state index >= 15 is 0 Å². The van der Waals surface area contributed by atoms with Crippen molar-refractivity contribution in [1.29, 1.82) is 0 Å². The quantitative estimate of drug-likeness (QED) is 0.265. The number of hydrogen-bond acceptors (Lipinski definition) is 5. The zero-order valence-electron chi connectivity index (χ0n) is 21.5. The second-order valence-corrected chi connectivity index (χ2v) is 10.7. The monoisotopic (exact) mass is 591 g/mol. The maximum Gasteiger partial charge on any atom is 0.328 e. The van der Waals surface area contributed by atoms with Crippen LogP contribution < -0.4 is 10.6 Å². The second-order valence-electron chi connectivity index (χ2n) is 9.11. The van der Waals surface area contributed by atoms with Crippen LogP contribution in [0.2, 0.25) is 10.0 Å². The van der Waals surface area contributed by atoms with Crippen LogP contribution in [-0.2, 0) is 25.6 Å². The van der Waals surface area contributed by atoms with Gasteiger partial charge in [0.1, 0.15) is 6.04 Å². The van der Waals surface area contributed by atoms with E-state index in [2.05, 4.69) is 10.6 Å². The van der Waals surface area contributed by atoms with E-state index in [1.165, 1.54) is 17.8 Å². The lowest BCUT2D eigenvalue weighted by molar-refractivity contribution is -0.143. The molecule has 0 aliphatic carbocycles. The molecule has 0 unspecified atom stereocenters. The van der Waals surface area contributed by atoms with Crippen LogP contribution in [0.5, 0.6) is 0 Å². The van der Waals surface area contributed by atoms with Crippen LogP contribution in [0, 0.1) is 5.92 Å². The molecule has 1 heterocycles. The number of halogens is 2. The Labute approximate surface area is 242 Å². The molecule has 1 atom stereocenters. The van der Waals surface area contributed by atoms with Crippen LogP contribution in [-0.4, -0.2) is 65.6 Å². The van der Waals surface area contributed by atoms with E-state index < -0.39 is 23.8 Å². The van der Waals surface area contributed by atoms with Crippen molar-refractivity contribution < 1.29 is 24.3 Å². The summed E-state index contributed by atoms with van der Waals surface area (Å²) < 4.78 is 0. The first kappa shape index (κ1) is 30.5. The zero-order chi connectivity index (χ0) is 28.4. The molecule has 0 spiro atoms. The minimum absolute atomic E-state index is 0.207. The fourth-order valence-corrected chi connectivity index (χ4v) is 5.33. The molecule has 1 saturated heterocycles. The van der Waals surface area contributed by atoms with E-state index in [0.29, 0.717) is 48.0 Å². The molecule has 1 fully saturated rings. The van der Waals surface area contributed by atoms with Crippen LogP contribution in [0.15, 0.2) is 53.4 Å². The lowest BCUT2D eigenvalue weighted by Gasteiger charge is -2.31. The number of amides is 3. The molecular weight excluding hydrogens is 561 g/mol. The topological polar surface area (TPSA) is 116 Å². The molecule has 11 heteroatoms. The van der Waals surface area contributed by atoms with Gasteiger partial charge in [0.25, 0.3) is 0 Å². The van der Waals surface area contributed by atoms with Gasteiger partial charge in [-0.1, -0.05) is 59.6 Å². The minimum atomic E-state index is -1.24.